The number of anilines is 1. The summed E-state index contributed by atoms with van der Waals surface area (Å²) in [5, 5.41) is 11.7. The van der Waals surface area contributed by atoms with Crippen LogP contribution in [0.2, 0.25) is 0 Å². The van der Waals surface area contributed by atoms with Crippen molar-refractivity contribution in [1.82, 2.24) is 0 Å². The van der Waals surface area contributed by atoms with E-state index in [2.05, 4.69) is 37.5 Å². The lowest BCUT2D eigenvalue weighted by Gasteiger charge is -2.29. The molecular formula is C20H22BrN2O+. The summed E-state index contributed by atoms with van der Waals surface area (Å²) in [4.78, 5) is 2.15. The van der Waals surface area contributed by atoms with Crippen molar-refractivity contribution in [2.45, 2.75) is 31.4 Å². The van der Waals surface area contributed by atoms with Crippen LogP contribution in [0.25, 0.3) is 0 Å². The zero-order valence-corrected chi connectivity index (χ0v) is 15.2. The van der Waals surface area contributed by atoms with Crippen molar-refractivity contribution >= 4 is 27.5 Å². The molecule has 2 aromatic rings. The van der Waals surface area contributed by atoms with Gasteiger partial charge in [-0.1, -0.05) is 46.3 Å². The molecule has 0 saturated heterocycles. The minimum absolute atomic E-state index is 0.624. The fourth-order valence-corrected chi connectivity index (χ4v) is 4.16. The molecule has 124 valence electrons. The van der Waals surface area contributed by atoms with Gasteiger partial charge in [-0.05, 0) is 43.5 Å². The molecule has 0 spiro atoms. The van der Waals surface area contributed by atoms with E-state index in [1.807, 2.05) is 42.5 Å². The van der Waals surface area contributed by atoms with Gasteiger partial charge in [0.05, 0.1) is 6.54 Å². The lowest BCUT2D eigenvalue weighted by Crippen LogP contribution is -2.47. The molecule has 0 unspecified atom stereocenters. The fraction of sp³-hybridized carbons (Fsp3) is 0.350. The summed E-state index contributed by atoms with van der Waals surface area (Å²) in [5.74, 6) is 1.25. The van der Waals surface area contributed by atoms with E-state index < -0.39 is 5.72 Å². The summed E-state index contributed by atoms with van der Waals surface area (Å²) in [7, 11) is 0. The summed E-state index contributed by atoms with van der Waals surface area (Å²) in [6.45, 7) is 1.65. The van der Waals surface area contributed by atoms with Crippen LogP contribution in [0.1, 0.15) is 31.2 Å². The number of aliphatic hydroxyl groups is 1. The monoisotopic (exact) mass is 385 g/mol. The summed E-state index contributed by atoms with van der Waals surface area (Å²) < 4.78 is 3.41. The number of rotatable bonds is 2. The van der Waals surface area contributed by atoms with Crippen LogP contribution in [-0.2, 0) is 5.72 Å². The molecule has 0 bridgehead atoms. The fourth-order valence-electron chi connectivity index (χ4n) is 3.90. The molecule has 0 aliphatic carbocycles. The van der Waals surface area contributed by atoms with Crippen LogP contribution in [-0.4, -0.2) is 28.6 Å². The Balaban J connectivity index is 1.83. The SMILES string of the molecule is O[C@]1(c2ccc(Br)cc2)C[N+]2=C(CCCCC2)N1c1ccccc1. The van der Waals surface area contributed by atoms with Gasteiger partial charge in [-0.2, -0.15) is 4.90 Å². The molecule has 1 N–H and O–H groups in total. The molecule has 0 saturated carbocycles. The van der Waals surface area contributed by atoms with Crippen molar-refractivity contribution in [3.8, 4) is 0 Å². The average molecular weight is 386 g/mol. The minimum Gasteiger partial charge on any atom is -0.346 e. The zero-order chi connectivity index (χ0) is 16.6. The van der Waals surface area contributed by atoms with Crippen molar-refractivity contribution in [1.29, 1.82) is 0 Å². The lowest BCUT2D eigenvalue weighted by atomic mass is 10.00. The van der Waals surface area contributed by atoms with Crippen LogP contribution >= 0.6 is 15.9 Å². The molecule has 2 aliphatic heterocycles. The number of hydrogen-bond acceptors (Lipinski definition) is 2. The Morgan fingerprint density at radius 3 is 2.46 bits per heavy atom. The first kappa shape index (κ1) is 15.9. The van der Waals surface area contributed by atoms with Crippen LogP contribution < -0.4 is 4.90 Å². The molecule has 0 fully saturated rings. The molecular weight excluding hydrogens is 364 g/mol. The Morgan fingerprint density at radius 2 is 1.71 bits per heavy atom. The maximum atomic E-state index is 11.7. The van der Waals surface area contributed by atoms with Gasteiger partial charge >= 0.3 is 0 Å². The van der Waals surface area contributed by atoms with Gasteiger partial charge in [-0.3, -0.25) is 4.58 Å². The second-order valence-electron chi connectivity index (χ2n) is 6.64. The highest BCUT2D eigenvalue weighted by atomic mass is 79.9. The van der Waals surface area contributed by atoms with Crippen molar-refractivity contribution in [2.75, 3.05) is 18.0 Å². The Kier molecular flexibility index (Phi) is 4.19. The Morgan fingerprint density at radius 1 is 0.958 bits per heavy atom. The number of halogens is 1. The average Bonchev–Trinajstić information content (AvgIpc) is 2.73. The molecule has 2 aromatic carbocycles. The van der Waals surface area contributed by atoms with Crippen molar-refractivity contribution < 1.29 is 9.68 Å². The lowest BCUT2D eigenvalue weighted by molar-refractivity contribution is -0.534. The maximum Gasteiger partial charge on any atom is 0.275 e. The van der Waals surface area contributed by atoms with Crippen molar-refractivity contribution in [3.63, 3.8) is 0 Å². The predicted octanol–water partition coefficient (Wildman–Crippen LogP) is 4.10. The summed E-state index contributed by atoms with van der Waals surface area (Å²) in [6, 6.07) is 18.3. The third-order valence-electron chi connectivity index (χ3n) is 5.05. The van der Waals surface area contributed by atoms with Crippen LogP contribution in [0.15, 0.2) is 59.1 Å². The zero-order valence-electron chi connectivity index (χ0n) is 13.7. The molecule has 0 aromatic heterocycles. The van der Waals surface area contributed by atoms with Crippen LogP contribution in [0.5, 0.6) is 0 Å². The standard InChI is InChI=1S/C20H22BrN2O/c21-17-12-10-16(11-13-17)20(24)15-22-14-6-2-5-9-19(22)23(20)18-7-3-1-4-8-18/h1,3-4,7-8,10-13,24H,2,5-6,9,14-15H2/q+1/t20-/m0/s1. The number of nitrogens with zero attached hydrogens (tertiary/aromatic N) is 2. The van der Waals surface area contributed by atoms with Gasteiger partial charge < -0.3 is 5.11 Å². The van der Waals surface area contributed by atoms with E-state index in [9.17, 15) is 5.11 Å². The first-order valence-corrected chi connectivity index (χ1v) is 9.42. The highest BCUT2D eigenvalue weighted by Gasteiger charge is 2.53. The molecule has 2 aliphatic rings. The molecule has 1 atom stereocenters. The van der Waals surface area contributed by atoms with E-state index >= 15 is 0 Å². The number of amidine groups is 1. The van der Waals surface area contributed by atoms with Gasteiger partial charge in [0.15, 0.2) is 6.54 Å². The molecule has 4 heteroatoms. The normalized spacial score (nSPS) is 24.0. The third-order valence-corrected chi connectivity index (χ3v) is 5.58. The number of para-hydroxylation sites is 1. The van der Waals surface area contributed by atoms with Gasteiger partial charge in [0.2, 0.25) is 0 Å². The van der Waals surface area contributed by atoms with Crippen LogP contribution in [0, 0.1) is 0 Å². The maximum absolute atomic E-state index is 11.7. The van der Waals surface area contributed by atoms with E-state index in [4.69, 9.17) is 0 Å². The van der Waals surface area contributed by atoms with E-state index in [0.29, 0.717) is 6.54 Å². The first-order valence-electron chi connectivity index (χ1n) is 8.63. The van der Waals surface area contributed by atoms with E-state index in [1.54, 1.807) is 0 Å². The van der Waals surface area contributed by atoms with Crippen molar-refractivity contribution in [2.24, 2.45) is 0 Å². The molecule has 24 heavy (non-hydrogen) atoms. The largest absolute Gasteiger partial charge is 0.346 e. The van der Waals surface area contributed by atoms with Gasteiger partial charge in [-0.15, -0.1) is 0 Å². The quantitative estimate of drug-likeness (QED) is 0.787. The summed E-state index contributed by atoms with van der Waals surface area (Å²) in [5.41, 5.74) is 0.979. The summed E-state index contributed by atoms with van der Waals surface area (Å²) in [6.07, 6.45) is 4.67. The molecule has 0 amide bonds. The van der Waals surface area contributed by atoms with Gasteiger partial charge in [0, 0.05) is 16.5 Å². The number of hydrogen-bond donors (Lipinski definition) is 1. The molecule has 2 heterocycles. The summed E-state index contributed by atoms with van der Waals surface area (Å²) >= 11 is 3.49. The second-order valence-corrected chi connectivity index (χ2v) is 7.56. The van der Waals surface area contributed by atoms with Crippen LogP contribution in [0.4, 0.5) is 5.69 Å². The Labute approximate surface area is 151 Å². The van der Waals surface area contributed by atoms with Gasteiger partial charge in [0.25, 0.3) is 11.6 Å². The molecule has 0 radical (unpaired) electrons. The highest BCUT2D eigenvalue weighted by molar-refractivity contribution is 9.10. The van der Waals surface area contributed by atoms with Gasteiger partial charge in [0.1, 0.15) is 5.69 Å². The van der Waals surface area contributed by atoms with Crippen LogP contribution in [0.3, 0.4) is 0 Å². The topological polar surface area (TPSA) is 26.5 Å². The predicted molar refractivity (Wildman–Crippen MR) is 100 cm³/mol. The highest BCUT2D eigenvalue weighted by Crippen LogP contribution is 2.37. The van der Waals surface area contributed by atoms with E-state index in [1.165, 1.54) is 25.1 Å². The Bertz CT molecular complexity index is 757. The number of benzene rings is 2. The molecule has 3 nitrogen and oxygen atoms in total. The Hall–Kier alpha value is -1.65. The van der Waals surface area contributed by atoms with Crippen molar-refractivity contribution in [3.05, 3.63) is 64.6 Å². The first-order chi connectivity index (χ1) is 11.7. The van der Waals surface area contributed by atoms with Gasteiger partial charge in [-0.25, -0.2) is 0 Å². The third kappa shape index (κ3) is 2.68. The molecule has 4 rings (SSSR count). The smallest absolute Gasteiger partial charge is 0.275 e. The minimum atomic E-state index is -1.02. The van der Waals surface area contributed by atoms with E-state index in [0.717, 1.165) is 28.7 Å². The second kappa shape index (κ2) is 6.34. The van der Waals surface area contributed by atoms with E-state index in [-0.39, 0.29) is 0 Å².